The van der Waals surface area contributed by atoms with E-state index in [1.807, 2.05) is 6.07 Å². The molecule has 7 heteroatoms. The van der Waals surface area contributed by atoms with Crippen molar-refractivity contribution in [1.82, 2.24) is 14.9 Å². The van der Waals surface area contributed by atoms with E-state index in [1.54, 1.807) is 18.2 Å². The summed E-state index contributed by atoms with van der Waals surface area (Å²) in [5.74, 6) is -0.319. The van der Waals surface area contributed by atoms with Gasteiger partial charge in [-0.15, -0.1) is 0 Å². The second-order valence-corrected chi connectivity index (χ2v) is 5.01. The lowest BCUT2D eigenvalue weighted by atomic mass is 10.2. The van der Waals surface area contributed by atoms with Gasteiger partial charge in [-0.2, -0.15) is 5.26 Å². The van der Waals surface area contributed by atoms with Crippen LogP contribution in [0.15, 0.2) is 33.8 Å². The number of nitrogens with zero attached hydrogens (tertiary/aromatic N) is 3. The summed E-state index contributed by atoms with van der Waals surface area (Å²) in [7, 11) is 0. The fraction of sp³-hybridized carbons (Fsp3) is 0.231. The van der Waals surface area contributed by atoms with Crippen LogP contribution >= 0.6 is 15.9 Å². The zero-order chi connectivity index (χ0) is 14.5. The summed E-state index contributed by atoms with van der Waals surface area (Å²) in [5.41, 5.74) is 0.309. The van der Waals surface area contributed by atoms with Gasteiger partial charge < -0.3 is 5.32 Å². The minimum Gasteiger partial charge on any atom is -0.354 e. The number of aromatic nitrogens is 2. The van der Waals surface area contributed by atoms with E-state index >= 15 is 0 Å². The van der Waals surface area contributed by atoms with E-state index in [1.165, 1.54) is 10.9 Å². The molecule has 1 aromatic heterocycles. The molecule has 2 aromatic rings. The molecule has 1 amide bonds. The van der Waals surface area contributed by atoms with Crippen molar-refractivity contribution in [2.45, 2.75) is 13.0 Å². The van der Waals surface area contributed by atoms with Crippen LogP contribution in [0.5, 0.6) is 0 Å². The first-order valence-corrected chi connectivity index (χ1v) is 6.69. The third-order valence-corrected chi connectivity index (χ3v) is 3.15. The second kappa shape index (κ2) is 6.30. The maximum Gasteiger partial charge on any atom is 0.261 e. The molecule has 1 N–H and O–H groups in total. The first-order chi connectivity index (χ1) is 9.61. The standard InChI is InChI=1S/C13H11BrN4O2/c14-9-2-3-10-11(6-9)17-8-18(13(10)20)7-12(19)16-5-1-4-15/h2-3,6,8H,1,5,7H2,(H,16,19). The number of amides is 1. The number of nitriles is 1. The summed E-state index contributed by atoms with van der Waals surface area (Å²) in [6, 6.07) is 7.09. The Hall–Kier alpha value is -2.20. The SMILES string of the molecule is N#CCCNC(=O)Cn1cnc2cc(Br)ccc2c1=O. The van der Waals surface area contributed by atoms with Gasteiger partial charge in [-0.25, -0.2) is 4.98 Å². The monoisotopic (exact) mass is 334 g/mol. The molecule has 0 saturated carbocycles. The summed E-state index contributed by atoms with van der Waals surface area (Å²) in [5, 5.41) is 11.4. The van der Waals surface area contributed by atoms with Gasteiger partial charge in [0.2, 0.25) is 5.91 Å². The van der Waals surface area contributed by atoms with Crippen LogP contribution in [0.2, 0.25) is 0 Å². The molecule has 0 saturated heterocycles. The second-order valence-electron chi connectivity index (χ2n) is 4.10. The van der Waals surface area contributed by atoms with Crippen LogP contribution in [0.1, 0.15) is 6.42 Å². The lowest BCUT2D eigenvalue weighted by Crippen LogP contribution is -2.32. The van der Waals surface area contributed by atoms with Crippen molar-refractivity contribution in [1.29, 1.82) is 5.26 Å². The topological polar surface area (TPSA) is 87.8 Å². The minimum absolute atomic E-state index is 0.108. The number of rotatable bonds is 4. The molecule has 0 aliphatic carbocycles. The highest BCUT2D eigenvalue weighted by molar-refractivity contribution is 9.10. The van der Waals surface area contributed by atoms with E-state index < -0.39 is 0 Å². The van der Waals surface area contributed by atoms with Crippen LogP contribution in [0.25, 0.3) is 10.9 Å². The van der Waals surface area contributed by atoms with E-state index in [-0.39, 0.29) is 31.0 Å². The zero-order valence-electron chi connectivity index (χ0n) is 10.5. The molecule has 0 bridgehead atoms. The number of carbonyl (C=O) groups excluding carboxylic acids is 1. The van der Waals surface area contributed by atoms with Gasteiger partial charge in [0.25, 0.3) is 5.56 Å². The van der Waals surface area contributed by atoms with Crippen molar-refractivity contribution in [2.75, 3.05) is 6.54 Å². The molecule has 2 rings (SSSR count). The van der Waals surface area contributed by atoms with Crippen molar-refractivity contribution >= 4 is 32.7 Å². The Kier molecular flexibility index (Phi) is 4.48. The highest BCUT2D eigenvalue weighted by atomic mass is 79.9. The molecule has 1 aromatic carbocycles. The first-order valence-electron chi connectivity index (χ1n) is 5.90. The number of hydrogen-bond donors (Lipinski definition) is 1. The fourth-order valence-corrected chi connectivity index (χ4v) is 2.06. The molecule has 0 unspecified atom stereocenters. The molecule has 0 aliphatic heterocycles. The molecule has 0 spiro atoms. The lowest BCUT2D eigenvalue weighted by molar-refractivity contribution is -0.121. The van der Waals surface area contributed by atoms with Crippen molar-refractivity contribution in [3.8, 4) is 6.07 Å². The number of fused-ring (bicyclic) bond motifs is 1. The number of benzene rings is 1. The largest absolute Gasteiger partial charge is 0.354 e. The first kappa shape index (κ1) is 14.2. The Morgan fingerprint density at radius 2 is 2.30 bits per heavy atom. The van der Waals surface area contributed by atoms with Gasteiger partial charge in [-0.3, -0.25) is 14.2 Å². The third kappa shape index (κ3) is 3.22. The number of carbonyl (C=O) groups is 1. The summed E-state index contributed by atoms with van der Waals surface area (Å²) in [6.07, 6.45) is 1.59. The molecule has 0 radical (unpaired) electrons. The predicted molar refractivity (Wildman–Crippen MR) is 76.9 cm³/mol. The fourth-order valence-electron chi connectivity index (χ4n) is 1.71. The summed E-state index contributed by atoms with van der Waals surface area (Å²) in [6.45, 7) is 0.168. The summed E-state index contributed by atoms with van der Waals surface area (Å²) >= 11 is 3.31. The quantitative estimate of drug-likeness (QED) is 0.850. The highest BCUT2D eigenvalue weighted by Crippen LogP contribution is 2.14. The van der Waals surface area contributed by atoms with Crippen LogP contribution in [0.3, 0.4) is 0 Å². The Morgan fingerprint density at radius 1 is 1.50 bits per heavy atom. The molecule has 1 heterocycles. The average molecular weight is 335 g/mol. The van der Waals surface area contributed by atoms with Crippen molar-refractivity contribution in [2.24, 2.45) is 0 Å². The van der Waals surface area contributed by atoms with E-state index in [0.717, 1.165) is 4.47 Å². The minimum atomic E-state index is -0.319. The average Bonchev–Trinajstić information content (AvgIpc) is 2.42. The Balaban J connectivity index is 2.22. The maximum atomic E-state index is 12.2. The van der Waals surface area contributed by atoms with Gasteiger partial charge in [-0.1, -0.05) is 15.9 Å². The molecule has 102 valence electrons. The molecule has 20 heavy (non-hydrogen) atoms. The predicted octanol–water partition coefficient (Wildman–Crippen LogP) is 1.19. The molecule has 0 fully saturated rings. The van der Waals surface area contributed by atoms with Crippen LogP contribution < -0.4 is 10.9 Å². The van der Waals surface area contributed by atoms with Crippen LogP contribution in [-0.2, 0) is 11.3 Å². The Labute approximate surface area is 123 Å². The van der Waals surface area contributed by atoms with E-state index in [0.29, 0.717) is 10.9 Å². The molecule has 6 nitrogen and oxygen atoms in total. The number of nitrogens with one attached hydrogen (secondary N) is 1. The highest BCUT2D eigenvalue weighted by Gasteiger charge is 2.08. The maximum absolute atomic E-state index is 12.2. The third-order valence-electron chi connectivity index (χ3n) is 2.66. The zero-order valence-corrected chi connectivity index (χ0v) is 12.1. The number of halogens is 1. The molecular weight excluding hydrogens is 324 g/mol. The van der Waals surface area contributed by atoms with Crippen LogP contribution in [0.4, 0.5) is 0 Å². The van der Waals surface area contributed by atoms with Gasteiger partial charge in [0.1, 0.15) is 6.54 Å². The lowest BCUT2D eigenvalue weighted by Gasteiger charge is -2.07. The van der Waals surface area contributed by atoms with Gasteiger partial charge >= 0.3 is 0 Å². The van der Waals surface area contributed by atoms with Gasteiger partial charge in [0, 0.05) is 11.0 Å². The Morgan fingerprint density at radius 3 is 3.05 bits per heavy atom. The Bertz CT molecular complexity index is 748. The van der Waals surface area contributed by atoms with Crippen molar-refractivity contribution in [3.63, 3.8) is 0 Å². The summed E-state index contributed by atoms with van der Waals surface area (Å²) < 4.78 is 2.08. The summed E-state index contributed by atoms with van der Waals surface area (Å²) in [4.78, 5) is 27.9. The number of hydrogen-bond acceptors (Lipinski definition) is 4. The normalized spacial score (nSPS) is 10.2. The van der Waals surface area contributed by atoms with Crippen molar-refractivity contribution in [3.05, 3.63) is 39.4 Å². The van der Waals surface area contributed by atoms with E-state index in [2.05, 4.69) is 26.2 Å². The molecule has 0 aliphatic rings. The van der Waals surface area contributed by atoms with E-state index in [9.17, 15) is 9.59 Å². The van der Waals surface area contributed by atoms with E-state index in [4.69, 9.17) is 5.26 Å². The van der Waals surface area contributed by atoms with Crippen molar-refractivity contribution < 1.29 is 4.79 Å². The van der Waals surface area contributed by atoms with Gasteiger partial charge in [0.15, 0.2) is 0 Å². The van der Waals surface area contributed by atoms with Gasteiger partial charge in [-0.05, 0) is 18.2 Å². The van der Waals surface area contributed by atoms with Crippen LogP contribution in [-0.4, -0.2) is 22.0 Å². The molecular formula is C13H11BrN4O2. The van der Waals surface area contributed by atoms with Gasteiger partial charge in [0.05, 0.1) is 29.7 Å². The van der Waals surface area contributed by atoms with Crippen LogP contribution in [0, 0.1) is 11.3 Å². The molecule has 0 atom stereocenters. The smallest absolute Gasteiger partial charge is 0.261 e.